The van der Waals surface area contributed by atoms with Crippen LogP contribution in [-0.2, 0) is 0 Å². The number of ether oxygens (including phenoxy) is 1. The van der Waals surface area contributed by atoms with Gasteiger partial charge >= 0.3 is 0 Å². The normalized spacial score (nSPS) is 10.0. The molecule has 1 heterocycles. The number of nitrogens with two attached hydrogens (primary N) is 1. The second-order valence-electron chi connectivity index (χ2n) is 4.39. The number of anilines is 1. The number of rotatable bonds is 2. The Kier molecular flexibility index (Phi) is 3.39. The molecule has 0 saturated carbocycles. The first kappa shape index (κ1) is 12.9. The van der Waals surface area contributed by atoms with Gasteiger partial charge in [-0.3, -0.25) is 0 Å². The van der Waals surface area contributed by atoms with E-state index in [1.807, 2.05) is 19.9 Å². The van der Waals surface area contributed by atoms with Gasteiger partial charge in [0.05, 0.1) is 7.11 Å². The van der Waals surface area contributed by atoms with Crippen LogP contribution in [-0.4, -0.2) is 12.1 Å². The molecule has 2 rings (SSSR count). The Labute approximate surface area is 112 Å². The van der Waals surface area contributed by atoms with Gasteiger partial charge < -0.3 is 10.5 Å². The number of nitriles is 1. The summed E-state index contributed by atoms with van der Waals surface area (Å²) in [5.41, 5.74) is 9.94. The van der Waals surface area contributed by atoms with E-state index in [9.17, 15) is 5.26 Å². The van der Waals surface area contributed by atoms with Crippen LogP contribution < -0.4 is 10.5 Å². The number of hydrogen-bond donors (Lipinski definition) is 1. The molecule has 0 bridgehead atoms. The Morgan fingerprint density at radius 1 is 1.32 bits per heavy atom. The smallest absolute Gasteiger partial charge is 0.141 e. The van der Waals surface area contributed by atoms with Gasteiger partial charge in [-0.2, -0.15) is 5.26 Å². The molecule has 0 amide bonds. The molecule has 0 saturated heterocycles. The van der Waals surface area contributed by atoms with Crippen LogP contribution in [0.25, 0.3) is 11.1 Å². The van der Waals surface area contributed by atoms with E-state index in [1.54, 1.807) is 19.4 Å². The van der Waals surface area contributed by atoms with Crippen LogP contribution >= 0.6 is 0 Å². The fourth-order valence-corrected chi connectivity index (χ4v) is 2.24. The molecule has 0 spiro atoms. The average Bonchev–Trinajstić information content (AvgIpc) is 2.37. The first-order chi connectivity index (χ1) is 9.08. The van der Waals surface area contributed by atoms with Gasteiger partial charge in [0.25, 0.3) is 0 Å². The minimum absolute atomic E-state index is 0.238. The van der Waals surface area contributed by atoms with E-state index < -0.39 is 0 Å². The lowest BCUT2D eigenvalue weighted by molar-refractivity contribution is 0.416. The molecule has 19 heavy (non-hydrogen) atoms. The van der Waals surface area contributed by atoms with Gasteiger partial charge in [0, 0.05) is 17.3 Å². The maximum atomic E-state index is 9.26. The third-order valence-electron chi connectivity index (χ3n) is 3.03. The van der Waals surface area contributed by atoms with E-state index in [0.717, 1.165) is 28.0 Å². The molecular weight excluding hydrogens is 238 g/mol. The van der Waals surface area contributed by atoms with Gasteiger partial charge in [0.1, 0.15) is 23.2 Å². The Hall–Kier alpha value is -2.54. The largest absolute Gasteiger partial charge is 0.496 e. The molecule has 0 radical (unpaired) electrons. The summed E-state index contributed by atoms with van der Waals surface area (Å²) in [4.78, 5) is 3.95. The molecule has 4 nitrogen and oxygen atoms in total. The standard InChI is InChI=1S/C15H15N3O/c1-9-6-10(2)14(13(7-9)19-3)11-4-5-18-15(17)12(11)8-16/h4-7H,1-3H3,(H2,17,18). The molecule has 96 valence electrons. The number of pyridine rings is 1. The molecule has 0 atom stereocenters. The Morgan fingerprint density at radius 3 is 2.68 bits per heavy atom. The quantitative estimate of drug-likeness (QED) is 0.893. The van der Waals surface area contributed by atoms with Crippen LogP contribution in [0.5, 0.6) is 5.75 Å². The summed E-state index contributed by atoms with van der Waals surface area (Å²) >= 11 is 0. The van der Waals surface area contributed by atoms with Crippen LogP contribution in [0.1, 0.15) is 16.7 Å². The highest BCUT2D eigenvalue weighted by Gasteiger charge is 2.16. The summed E-state index contributed by atoms with van der Waals surface area (Å²) < 4.78 is 5.43. The van der Waals surface area contributed by atoms with Crippen molar-refractivity contribution in [2.75, 3.05) is 12.8 Å². The summed E-state index contributed by atoms with van der Waals surface area (Å²) in [5, 5.41) is 9.26. The molecule has 0 unspecified atom stereocenters. The fraction of sp³-hybridized carbons (Fsp3) is 0.200. The van der Waals surface area contributed by atoms with Crippen LogP contribution in [0.4, 0.5) is 5.82 Å². The first-order valence-electron chi connectivity index (χ1n) is 5.88. The van der Waals surface area contributed by atoms with Crippen molar-refractivity contribution in [2.24, 2.45) is 0 Å². The summed E-state index contributed by atoms with van der Waals surface area (Å²) in [7, 11) is 1.62. The molecule has 0 fully saturated rings. The molecule has 2 aromatic rings. The summed E-state index contributed by atoms with van der Waals surface area (Å²) in [6, 6.07) is 7.90. The molecule has 4 heteroatoms. The maximum Gasteiger partial charge on any atom is 0.141 e. The molecule has 0 aliphatic heterocycles. The third-order valence-corrected chi connectivity index (χ3v) is 3.03. The van der Waals surface area contributed by atoms with E-state index in [-0.39, 0.29) is 5.82 Å². The summed E-state index contributed by atoms with van der Waals surface area (Å²) in [6.45, 7) is 3.99. The second-order valence-corrected chi connectivity index (χ2v) is 4.39. The van der Waals surface area contributed by atoms with E-state index in [4.69, 9.17) is 10.5 Å². The lowest BCUT2D eigenvalue weighted by atomic mass is 9.95. The van der Waals surface area contributed by atoms with Crippen molar-refractivity contribution in [1.82, 2.24) is 4.98 Å². The minimum atomic E-state index is 0.238. The molecule has 1 aromatic heterocycles. The molecule has 0 aliphatic carbocycles. The second kappa shape index (κ2) is 4.99. The number of nitrogen functional groups attached to an aromatic ring is 1. The van der Waals surface area contributed by atoms with Gasteiger partial charge in [-0.15, -0.1) is 0 Å². The van der Waals surface area contributed by atoms with Crippen molar-refractivity contribution in [2.45, 2.75) is 13.8 Å². The molecule has 1 aromatic carbocycles. The number of aryl methyl sites for hydroxylation is 2. The number of nitrogens with zero attached hydrogens (tertiary/aromatic N) is 2. The zero-order valence-corrected chi connectivity index (χ0v) is 11.2. The van der Waals surface area contributed by atoms with E-state index in [1.165, 1.54) is 0 Å². The number of benzene rings is 1. The van der Waals surface area contributed by atoms with Crippen molar-refractivity contribution in [1.29, 1.82) is 5.26 Å². The lowest BCUT2D eigenvalue weighted by Crippen LogP contribution is -1.99. The fourth-order valence-electron chi connectivity index (χ4n) is 2.24. The van der Waals surface area contributed by atoms with Crippen molar-refractivity contribution in [3.63, 3.8) is 0 Å². The maximum absolute atomic E-state index is 9.26. The third kappa shape index (κ3) is 2.23. The summed E-state index contributed by atoms with van der Waals surface area (Å²) in [6.07, 6.45) is 1.60. The number of aromatic nitrogens is 1. The van der Waals surface area contributed by atoms with Gasteiger partial charge in [-0.1, -0.05) is 6.07 Å². The minimum Gasteiger partial charge on any atom is -0.496 e. The van der Waals surface area contributed by atoms with E-state index in [0.29, 0.717) is 5.56 Å². The predicted octanol–water partition coefficient (Wildman–Crippen LogP) is 2.83. The van der Waals surface area contributed by atoms with Gasteiger partial charge in [-0.05, 0) is 37.1 Å². The van der Waals surface area contributed by atoms with Crippen molar-refractivity contribution in [3.8, 4) is 22.9 Å². The zero-order chi connectivity index (χ0) is 14.0. The Balaban J connectivity index is 2.80. The monoisotopic (exact) mass is 253 g/mol. The molecule has 2 N–H and O–H groups in total. The van der Waals surface area contributed by atoms with Gasteiger partial charge in [-0.25, -0.2) is 4.98 Å². The van der Waals surface area contributed by atoms with Gasteiger partial charge in [0.2, 0.25) is 0 Å². The molecular formula is C15H15N3O. The Morgan fingerprint density at radius 2 is 2.05 bits per heavy atom. The lowest BCUT2D eigenvalue weighted by Gasteiger charge is -2.14. The average molecular weight is 253 g/mol. The van der Waals surface area contributed by atoms with Gasteiger partial charge in [0.15, 0.2) is 0 Å². The van der Waals surface area contributed by atoms with Crippen LogP contribution in [0.15, 0.2) is 24.4 Å². The highest BCUT2D eigenvalue weighted by atomic mass is 16.5. The zero-order valence-electron chi connectivity index (χ0n) is 11.2. The van der Waals surface area contributed by atoms with E-state index >= 15 is 0 Å². The first-order valence-corrected chi connectivity index (χ1v) is 5.88. The van der Waals surface area contributed by atoms with Crippen molar-refractivity contribution in [3.05, 3.63) is 41.1 Å². The van der Waals surface area contributed by atoms with Crippen molar-refractivity contribution < 1.29 is 4.74 Å². The number of hydrogen-bond acceptors (Lipinski definition) is 4. The van der Waals surface area contributed by atoms with Crippen molar-refractivity contribution >= 4 is 5.82 Å². The Bertz CT molecular complexity index is 672. The SMILES string of the molecule is COc1cc(C)cc(C)c1-c1ccnc(N)c1C#N. The van der Waals surface area contributed by atoms with E-state index in [2.05, 4.69) is 17.1 Å². The summed E-state index contributed by atoms with van der Waals surface area (Å²) in [5.74, 6) is 0.974. The van der Waals surface area contributed by atoms with Crippen LogP contribution in [0.2, 0.25) is 0 Å². The number of methoxy groups -OCH3 is 1. The predicted molar refractivity (Wildman–Crippen MR) is 74.8 cm³/mol. The highest BCUT2D eigenvalue weighted by molar-refractivity contribution is 5.81. The van der Waals surface area contributed by atoms with Crippen LogP contribution in [0, 0.1) is 25.2 Å². The highest BCUT2D eigenvalue weighted by Crippen LogP contribution is 2.36. The molecule has 0 aliphatic rings. The van der Waals surface area contributed by atoms with Crippen LogP contribution in [0.3, 0.4) is 0 Å². The topological polar surface area (TPSA) is 71.9 Å².